The summed E-state index contributed by atoms with van der Waals surface area (Å²) in [6.07, 6.45) is 1.62. The molecule has 2 rings (SSSR count). The van der Waals surface area contributed by atoms with E-state index < -0.39 is 0 Å². The molecule has 1 heterocycles. The van der Waals surface area contributed by atoms with Gasteiger partial charge in [0.2, 0.25) is 5.91 Å². The van der Waals surface area contributed by atoms with Crippen LogP contribution in [0.5, 0.6) is 0 Å². The molecule has 0 saturated carbocycles. The Labute approximate surface area is 133 Å². The van der Waals surface area contributed by atoms with Crippen molar-refractivity contribution in [2.75, 3.05) is 26.2 Å². The van der Waals surface area contributed by atoms with Crippen molar-refractivity contribution >= 4 is 18.3 Å². The van der Waals surface area contributed by atoms with Crippen LogP contribution in [0.15, 0.2) is 30.3 Å². The van der Waals surface area contributed by atoms with Gasteiger partial charge in [0.25, 0.3) is 0 Å². The van der Waals surface area contributed by atoms with Gasteiger partial charge < -0.3 is 11.1 Å². The van der Waals surface area contributed by atoms with E-state index in [1.165, 1.54) is 12.0 Å². The predicted octanol–water partition coefficient (Wildman–Crippen LogP) is 1.79. The molecule has 0 aromatic heterocycles. The van der Waals surface area contributed by atoms with Gasteiger partial charge in [-0.25, -0.2) is 0 Å². The number of nitrogens with zero attached hydrogens (tertiary/aromatic N) is 1. The molecule has 0 spiro atoms. The number of halogens is 1. The van der Waals surface area contributed by atoms with Crippen molar-refractivity contribution in [1.29, 1.82) is 0 Å². The van der Waals surface area contributed by atoms with Crippen LogP contribution in [-0.4, -0.2) is 37.0 Å². The molecule has 1 amide bonds. The smallest absolute Gasteiger partial charge is 0.218 e. The lowest BCUT2D eigenvalue weighted by molar-refractivity contribution is -0.118. The average molecular weight is 312 g/mol. The van der Waals surface area contributed by atoms with Gasteiger partial charge in [0.05, 0.1) is 0 Å². The zero-order chi connectivity index (χ0) is 14.4. The van der Waals surface area contributed by atoms with Gasteiger partial charge in [-0.05, 0) is 23.9 Å². The van der Waals surface area contributed by atoms with Gasteiger partial charge in [-0.15, -0.1) is 12.4 Å². The third-order valence-electron chi connectivity index (χ3n) is 3.99. The standard InChI is InChI=1S/C16H25N3O.ClH/c1-16(8-9-18-12-16)13-19(10-7-15(17)20)11-14-5-3-2-4-6-14;/h2-6,18H,7-13H2,1H3,(H2,17,20);1H. The van der Waals surface area contributed by atoms with Crippen molar-refractivity contribution in [2.45, 2.75) is 26.3 Å². The molecular weight excluding hydrogens is 286 g/mol. The zero-order valence-electron chi connectivity index (χ0n) is 12.7. The second kappa shape index (κ2) is 8.37. The molecule has 1 atom stereocenters. The fourth-order valence-corrected chi connectivity index (χ4v) is 2.87. The van der Waals surface area contributed by atoms with Crippen LogP contribution >= 0.6 is 12.4 Å². The summed E-state index contributed by atoms with van der Waals surface area (Å²) in [4.78, 5) is 13.4. The minimum Gasteiger partial charge on any atom is -0.370 e. The van der Waals surface area contributed by atoms with Crippen LogP contribution in [0.2, 0.25) is 0 Å². The summed E-state index contributed by atoms with van der Waals surface area (Å²) in [6, 6.07) is 10.4. The van der Waals surface area contributed by atoms with Gasteiger partial charge in [-0.2, -0.15) is 0 Å². The molecule has 1 unspecified atom stereocenters. The lowest BCUT2D eigenvalue weighted by Gasteiger charge is -2.32. The Balaban J connectivity index is 0.00000220. The van der Waals surface area contributed by atoms with Crippen molar-refractivity contribution in [3.8, 4) is 0 Å². The minimum absolute atomic E-state index is 0. The normalized spacial score (nSPS) is 21.2. The van der Waals surface area contributed by atoms with E-state index in [1.54, 1.807) is 0 Å². The fourth-order valence-electron chi connectivity index (χ4n) is 2.87. The highest BCUT2D eigenvalue weighted by Gasteiger charge is 2.30. The number of primary amides is 1. The van der Waals surface area contributed by atoms with Crippen molar-refractivity contribution in [3.05, 3.63) is 35.9 Å². The van der Waals surface area contributed by atoms with E-state index >= 15 is 0 Å². The maximum atomic E-state index is 11.1. The SMILES string of the molecule is CC1(CN(CCC(N)=O)Cc2ccccc2)CCNC1.Cl. The quantitative estimate of drug-likeness (QED) is 0.807. The van der Waals surface area contributed by atoms with Crippen molar-refractivity contribution in [2.24, 2.45) is 11.1 Å². The van der Waals surface area contributed by atoms with E-state index in [2.05, 4.69) is 41.4 Å². The maximum absolute atomic E-state index is 11.1. The second-order valence-electron chi connectivity index (χ2n) is 6.15. The van der Waals surface area contributed by atoms with Gasteiger partial charge in [0.1, 0.15) is 0 Å². The number of hydrogen-bond acceptors (Lipinski definition) is 3. The molecule has 1 saturated heterocycles. The molecule has 3 N–H and O–H groups in total. The second-order valence-corrected chi connectivity index (χ2v) is 6.15. The summed E-state index contributed by atoms with van der Waals surface area (Å²) in [5.41, 5.74) is 6.88. The van der Waals surface area contributed by atoms with Crippen molar-refractivity contribution < 1.29 is 4.79 Å². The third kappa shape index (κ3) is 6.04. The number of nitrogens with one attached hydrogen (secondary N) is 1. The number of carbonyl (C=O) groups excluding carboxylic acids is 1. The van der Waals surface area contributed by atoms with Gasteiger partial charge in [0, 0.05) is 32.6 Å². The molecule has 0 bridgehead atoms. The number of hydrogen-bond donors (Lipinski definition) is 2. The van der Waals surface area contributed by atoms with Gasteiger partial charge in [-0.3, -0.25) is 9.69 Å². The van der Waals surface area contributed by atoms with Gasteiger partial charge >= 0.3 is 0 Å². The predicted molar refractivity (Wildman–Crippen MR) is 88.4 cm³/mol. The van der Waals surface area contributed by atoms with E-state index in [0.29, 0.717) is 11.8 Å². The Morgan fingerprint density at radius 3 is 2.67 bits per heavy atom. The first-order chi connectivity index (χ1) is 9.57. The van der Waals surface area contributed by atoms with Crippen molar-refractivity contribution in [1.82, 2.24) is 10.2 Å². The summed E-state index contributed by atoms with van der Waals surface area (Å²) < 4.78 is 0. The zero-order valence-corrected chi connectivity index (χ0v) is 13.5. The van der Waals surface area contributed by atoms with E-state index in [-0.39, 0.29) is 18.3 Å². The highest BCUT2D eigenvalue weighted by Crippen LogP contribution is 2.26. The number of carbonyl (C=O) groups is 1. The molecule has 118 valence electrons. The highest BCUT2D eigenvalue weighted by molar-refractivity contribution is 5.85. The molecular formula is C16H26ClN3O. The summed E-state index contributed by atoms with van der Waals surface area (Å²) in [5.74, 6) is -0.224. The lowest BCUT2D eigenvalue weighted by Crippen LogP contribution is -2.38. The highest BCUT2D eigenvalue weighted by atomic mass is 35.5. The monoisotopic (exact) mass is 311 g/mol. The molecule has 1 aromatic rings. The third-order valence-corrected chi connectivity index (χ3v) is 3.99. The Bertz CT molecular complexity index is 432. The van der Waals surface area contributed by atoms with Crippen LogP contribution in [0, 0.1) is 5.41 Å². The number of benzene rings is 1. The van der Waals surface area contributed by atoms with E-state index in [0.717, 1.165) is 32.7 Å². The minimum atomic E-state index is -0.224. The van der Waals surface area contributed by atoms with Crippen LogP contribution in [0.25, 0.3) is 0 Å². The Morgan fingerprint density at radius 1 is 1.38 bits per heavy atom. The topological polar surface area (TPSA) is 58.4 Å². The maximum Gasteiger partial charge on any atom is 0.218 e. The summed E-state index contributed by atoms with van der Waals surface area (Å²) in [6.45, 7) is 7.07. The van der Waals surface area contributed by atoms with Gasteiger partial charge in [-0.1, -0.05) is 37.3 Å². The van der Waals surface area contributed by atoms with E-state index in [1.807, 2.05) is 6.07 Å². The molecule has 21 heavy (non-hydrogen) atoms. The fraction of sp³-hybridized carbons (Fsp3) is 0.562. The van der Waals surface area contributed by atoms with Crippen LogP contribution in [0.3, 0.4) is 0 Å². The molecule has 1 aromatic carbocycles. The molecule has 4 nitrogen and oxygen atoms in total. The summed E-state index contributed by atoms with van der Waals surface area (Å²) >= 11 is 0. The molecule has 1 aliphatic heterocycles. The molecule has 1 aliphatic rings. The molecule has 1 fully saturated rings. The Morgan fingerprint density at radius 2 is 2.10 bits per heavy atom. The van der Waals surface area contributed by atoms with Crippen LogP contribution in [-0.2, 0) is 11.3 Å². The first-order valence-corrected chi connectivity index (χ1v) is 7.33. The number of rotatable bonds is 7. The average Bonchev–Trinajstić information content (AvgIpc) is 2.84. The van der Waals surface area contributed by atoms with Crippen LogP contribution in [0.4, 0.5) is 0 Å². The molecule has 0 aliphatic carbocycles. The van der Waals surface area contributed by atoms with Crippen LogP contribution in [0.1, 0.15) is 25.3 Å². The first kappa shape index (κ1) is 18.0. The van der Waals surface area contributed by atoms with E-state index in [4.69, 9.17) is 5.73 Å². The summed E-state index contributed by atoms with van der Waals surface area (Å²) in [7, 11) is 0. The van der Waals surface area contributed by atoms with Crippen molar-refractivity contribution in [3.63, 3.8) is 0 Å². The van der Waals surface area contributed by atoms with Gasteiger partial charge in [0.15, 0.2) is 0 Å². The largest absolute Gasteiger partial charge is 0.370 e. The molecule has 5 heteroatoms. The van der Waals surface area contributed by atoms with E-state index in [9.17, 15) is 4.79 Å². The Kier molecular flexibility index (Phi) is 7.15. The number of nitrogens with two attached hydrogens (primary N) is 1. The van der Waals surface area contributed by atoms with Crippen LogP contribution < -0.4 is 11.1 Å². The summed E-state index contributed by atoms with van der Waals surface area (Å²) in [5, 5.41) is 3.43. The molecule has 0 radical (unpaired) electrons. The number of amides is 1. The first-order valence-electron chi connectivity index (χ1n) is 7.33. The Hall–Kier alpha value is -1.10. The lowest BCUT2D eigenvalue weighted by atomic mass is 9.89.